The van der Waals surface area contributed by atoms with Crippen molar-refractivity contribution < 1.29 is 4.74 Å². The van der Waals surface area contributed by atoms with Gasteiger partial charge in [0.25, 0.3) is 0 Å². The third-order valence-corrected chi connectivity index (χ3v) is 6.36. The van der Waals surface area contributed by atoms with Crippen LogP contribution in [0.15, 0.2) is 48.8 Å². The van der Waals surface area contributed by atoms with E-state index < -0.39 is 0 Å². The van der Waals surface area contributed by atoms with E-state index in [1.165, 1.54) is 12.8 Å². The molecular weight excluding hydrogens is 386 g/mol. The van der Waals surface area contributed by atoms with E-state index in [2.05, 4.69) is 57.9 Å². The summed E-state index contributed by atoms with van der Waals surface area (Å²) >= 11 is 0. The summed E-state index contributed by atoms with van der Waals surface area (Å²) in [7, 11) is 2.20. The molecule has 0 unspecified atom stereocenters. The molecule has 3 heterocycles. The van der Waals surface area contributed by atoms with Gasteiger partial charge >= 0.3 is 0 Å². The second-order valence-electron chi connectivity index (χ2n) is 8.55. The van der Waals surface area contributed by atoms with Crippen molar-refractivity contribution in [3.63, 3.8) is 0 Å². The molecule has 5 rings (SSSR count). The Bertz CT molecular complexity index is 1220. The van der Waals surface area contributed by atoms with E-state index in [-0.39, 0.29) is 0 Å². The number of nitrogens with two attached hydrogens (primary N) is 1. The van der Waals surface area contributed by atoms with Crippen LogP contribution in [-0.4, -0.2) is 46.0 Å². The van der Waals surface area contributed by atoms with Crippen molar-refractivity contribution in [2.24, 2.45) is 5.92 Å². The van der Waals surface area contributed by atoms with Crippen molar-refractivity contribution in [2.45, 2.75) is 26.2 Å². The highest BCUT2D eigenvalue weighted by Gasteiger charge is 2.20. The minimum atomic E-state index is 0.520. The van der Waals surface area contributed by atoms with Crippen LogP contribution in [0.5, 0.6) is 5.75 Å². The molecule has 0 bridgehead atoms. The van der Waals surface area contributed by atoms with Crippen LogP contribution in [-0.2, 0) is 6.42 Å². The summed E-state index contributed by atoms with van der Waals surface area (Å²) in [5.74, 6) is 3.15. The smallest absolute Gasteiger partial charge is 0.150 e. The Balaban J connectivity index is 1.49. The molecule has 1 aliphatic rings. The maximum absolute atomic E-state index is 6.33. The number of piperidine rings is 1. The number of nitrogens with zero attached hydrogens (tertiary/aromatic N) is 4. The molecule has 1 fully saturated rings. The highest BCUT2D eigenvalue weighted by molar-refractivity contribution is 5.88. The van der Waals surface area contributed by atoms with Crippen molar-refractivity contribution in [1.29, 1.82) is 0 Å². The summed E-state index contributed by atoms with van der Waals surface area (Å²) in [4.78, 5) is 11.8. The molecule has 4 aromatic rings. The lowest BCUT2D eigenvalue weighted by molar-refractivity contribution is 0.217. The summed E-state index contributed by atoms with van der Waals surface area (Å²) in [5.41, 5.74) is 9.12. The lowest BCUT2D eigenvalue weighted by atomic mass is 9.93. The average Bonchev–Trinajstić information content (AvgIpc) is 3.18. The SMILES string of the molecule is CCOc1ccc2cc(-c3cn4c(CC5CCN(C)CC5)ncc4c(N)n3)ccc2c1. The van der Waals surface area contributed by atoms with Gasteiger partial charge in [0, 0.05) is 18.2 Å². The quantitative estimate of drug-likeness (QED) is 0.523. The summed E-state index contributed by atoms with van der Waals surface area (Å²) in [5, 5.41) is 2.30. The van der Waals surface area contributed by atoms with Gasteiger partial charge in [0.2, 0.25) is 0 Å². The Labute approximate surface area is 182 Å². The standard InChI is InChI=1S/C25H29N5O/c1-3-31-21-7-6-18-13-20(5-4-19(18)14-21)22-16-30-23(25(26)28-22)15-27-24(30)12-17-8-10-29(2)11-9-17/h4-7,13-17H,3,8-12H2,1-2H3,(H2,26,28). The fourth-order valence-electron chi connectivity index (χ4n) is 4.53. The van der Waals surface area contributed by atoms with Gasteiger partial charge in [-0.3, -0.25) is 4.40 Å². The van der Waals surface area contributed by atoms with Crippen LogP contribution in [0.4, 0.5) is 5.82 Å². The Morgan fingerprint density at radius 2 is 1.87 bits per heavy atom. The number of fused-ring (bicyclic) bond motifs is 2. The van der Waals surface area contributed by atoms with E-state index in [1.54, 1.807) is 0 Å². The van der Waals surface area contributed by atoms with Gasteiger partial charge in [-0.15, -0.1) is 0 Å². The normalized spacial score (nSPS) is 15.7. The van der Waals surface area contributed by atoms with E-state index in [1.807, 2.05) is 19.2 Å². The highest BCUT2D eigenvalue weighted by atomic mass is 16.5. The zero-order chi connectivity index (χ0) is 21.4. The van der Waals surface area contributed by atoms with Crippen molar-refractivity contribution in [2.75, 3.05) is 32.5 Å². The number of anilines is 1. The molecule has 0 aliphatic carbocycles. The van der Waals surface area contributed by atoms with Crippen LogP contribution < -0.4 is 10.5 Å². The number of hydrogen-bond acceptors (Lipinski definition) is 5. The van der Waals surface area contributed by atoms with Gasteiger partial charge in [0.1, 0.15) is 22.9 Å². The number of ether oxygens (including phenoxy) is 1. The number of rotatable bonds is 5. The second kappa shape index (κ2) is 8.19. The van der Waals surface area contributed by atoms with E-state index in [0.29, 0.717) is 18.3 Å². The molecule has 0 amide bonds. The fourth-order valence-corrected chi connectivity index (χ4v) is 4.53. The molecule has 0 saturated carbocycles. The van der Waals surface area contributed by atoms with E-state index in [0.717, 1.165) is 58.6 Å². The molecule has 0 radical (unpaired) electrons. The zero-order valence-electron chi connectivity index (χ0n) is 18.2. The van der Waals surface area contributed by atoms with Gasteiger partial charge < -0.3 is 15.4 Å². The van der Waals surface area contributed by atoms with Crippen LogP contribution in [0.25, 0.3) is 27.5 Å². The maximum atomic E-state index is 6.33. The molecule has 2 aromatic heterocycles. The Morgan fingerprint density at radius 3 is 2.68 bits per heavy atom. The highest BCUT2D eigenvalue weighted by Crippen LogP contribution is 2.29. The lowest BCUT2D eigenvalue weighted by Crippen LogP contribution is -2.31. The molecule has 0 spiro atoms. The van der Waals surface area contributed by atoms with E-state index in [9.17, 15) is 0 Å². The number of likely N-dealkylation sites (tertiary alicyclic amines) is 1. The second-order valence-corrected chi connectivity index (χ2v) is 8.55. The van der Waals surface area contributed by atoms with Crippen LogP contribution in [0, 0.1) is 5.92 Å². The Kier molecular flexibility index (Phi) is 5.24. The molecular formula is C25H29N5O. The minimum Gasteiger partial charge on any atom is -0.494 e. The van der Waals surface area contributed by atoms with Gasteiger partial charge in [0.15, 0.2) is 0 Å². The van der Waals surface area contributed by atoms with E-state index in [4.69, 9.17) is 15.5 Å². The first-order valence-electron chi connectivity index (χ1n) is 11.1. The zero-order valence-corrected chi connectivity index (χ0v) is 18.2. The van der Waals surface area contributed by atoms with Crippen LogP contribution >= 0.6 is 0 Å². The monoisotopic (exact) mass is 415 g/mol. The van der Waals surface area contributed by atoms with Gasteiger partial charge in [-0.05, 0) is 74.8 Å². The first-order chi connectivity index (χ1) is 15.1. The topological polar surface area (TPSA) is 68.7 Å². The fraction of sp³-hybridized carbons (Fsp3) is 0.360. The summed E-state index contributed by atoms with van der Waals surface area (Å²) in [6, 6.07) is 12.5. The van der Waals surface area contributed by atoms with Gasteiger partial charge in [0.05, 0.1) is 18.5 Å². The predicted molar refractivity (Wildman–Crippen MR) is 125 cm³/mol. The van der Waals surface area contributed by atoms with Crippen LogP contribution in [0.1, 0.15) is 25.6 Å². The molecule has 6 heteroatoms. The maximum Gasteiger partial charge on any atom is 0.150 e. The molecule has 31 heavy (non-hydrogen) atoms. The molecule has 2 N–H and O–H groups in total. The first-order valence-corrected chi connectivity index (χ1v) is 11.1. The first kappa shape index (κ1) is 19.8. The largest absolute Gasteiger partial charge is 0.494 e. The third-order valence-electron chi connectivity index (χ3n) is 6.36. The molecule has 1 aliphatic heterocycles. The predicted octanol–water partition coefficient (Wildman–Crippen LogP) is 4.41. The minimum absolute atomic E-state index is 0.520. The Hall–Kier alpha value is -3.12. The Morgan fingerprint density at radius 1 is 1.10 bits per heavy atom. The van der Waals surface area contributed by atoms with Crippen molar-refractivity contribution in [1.82, 2.24) is 19.3 Å². The number of nitrogen functional groups attached to an aromatic ring is 1. The number of benzene rings is 2. The summed E-state index contributed by atoms with van der Waals surface area (Å²) in [6.07, 6.45) is 7.34. The summed E-state index contributed by atoms with van der Waals surface area (Å²) < 4.78 is 7.76. The van der Waals surface area contributed by atoms with Gasteiger partial charge in [-0.25, -0.2) is 9.97 Å². The van der Waals surface area contributed by atoms with Crippen LogP contribution in [0.2, 0.25) is 0 Å². The molecule has 1 saturated heterocycles. The molecule has 2 aromatic carbocycles. The van der Waals surface area contributed by atoms with Gasteiger partial charge in [-0.2, -0.15) is 0 Å². The van der Waals surface area contributed by atoms with Crippen molar-refractivity contribution in [3.05, 3.63) is 54.6 Å². The van der Waals surface area contributed by atoms with Crippen molar-refractivity contribution in [3.8, 4) is 17.0 Å². The van der Waals surface area contributed by atoms with Crippen molar-refractivity contribution >= 4 is 22.1 Å². The molecule has 6 nitrogen and oxygen atoms in total. The molecule has 0 atom stereocenters. The summed E-state index contributed by atoms with van der Waals surface area (Å²) in [6.45, 7) is 4.98. The third kappa shape index (κ3) is 3.95. The number of aromatic nitrogens is 3. The number of hydrogen-bond donors (Lipinski definition) is 1. The van der Waals surface area contributed by atoms with E-state index >= 15 is 0 Å². The molecule has 160 valence electrons. The lowest BCUT2D eigenvalue weighted by Gasteiger charge is -2.28. The van der Waals surface area contributed by atoms with Gasteiger partial charge in [-0.1, -0.05) is 18.2 Å². The average molecular weight is 416 g/mol. The number of imidazole rings is 1. The van der Waals surface area contributed by atoms with Crippen LogP contribution in [0.3, 0.4) is 0 Å².